The number of nitrogens with two attached hydrogens (primary N) is 2. The quantitative estimate of drug-likeness (QED) is 0.494. The normalized spacial score (nSPS) is 22.6. The van der Waals surface area contributed by atoms with Crippen LogP contribution in [0, 0.1) is 5.92 Å². The minimum atomic E-state index is -0.380. The van der Waals surface area contributed by atoms with Crippen LogP contribution in [-0.4, -0.2) is 11.9 Å². The van der Waals surface area contributed by atoms with Gasteiger partial charge in [-0.25, -0.2) is 0 Å². The summed E-state index contributed by atoms with van der Waals surface area (Å²) in [5.41, 5.74) is 10.3. The number of hydrogen-bond acceptors (Lipinski definition) is 2. The van der Waals surface area contributed by atoms with Gasteiger partial charge in [0.25, 0.3) is 0 Å². The van der Waals surface area contributed by atoms with Crippen molar-refractivity contribution in [3.63, 3.8) is 0 Å². The SMILES string of the molecule is NC(=O)[C@@H](N)C1CC1. The van der Waals surface area contributed by atoms with Gasteiger partial charge in [-0.2, -0.15) is 0 Å². The summed E-state index contributed by atoms with van der Waals surface area (Å²) in [6.45, 7) is 0. The average Bonchev–Trinajstić information content (AvgIpc) is 2.43. The maximum atomic E-state index is 10.3. The topological polar surface area (TPSA) is 69.1 Å². The van der Waals surface area contributed by atoms with Crippen LogP contribution in [0.4, 0.5) is 0 Å². The minimum Gasteiger partial charge on any atom is -0.368 e. The Morgan fingerprint density at radius 1 is 1.62 bits per heavy atom. The number of rotatable bonds is 2. The van der Waals surface area contributed by atoms with E-state index in [1.54, 1.807) is 0 Å². The molecule has 1 saturated carbocycles. The summed E-state index contributed by atoms with van der Waals surface area (Å²) in [7, 11) is 0. The molecule has 1 rings (SSSR count). The first-order chi connectivity index (χ1) is 3.72. The van der Waals surface area contributed by atoms with Gasteiger partial charge in [-0.3, -0.25) is 4.79 Å². The van der Waals surface area contributed by atoms with Crippen LogP contribution in [0.15, 0.2) is 0 Å². The van der Waals surface area contributed by atoms with Crippen LogP contribution in [0.25, 0.3) is 0 Å². The molecule has 0 spiro atoms. The molecule has 0 aromatic carbocycles. The van der Waals surface area contributed by atoms with Crippen molar-refractivity contribution in [2.75, 3.05) is 0 Å². The van der Waals surface area contributed by atoms with E-state index in [0.29, 0.717) is 5.92 Å². The van der Waals surface area contributed by atoms with Gasteiger partial charge in [0.2, 0.25) is 5.91 Å². The molecule has 0 unspecified atom stereocenters. The Labute approximate surface area is 48.0 Å². The molecule has 8 heavy (non-hydrogen) atoms. The van der Waals surface area contributed by atoms with E-state index in [1.165, 1.54) is 0 Å². The summed E-state index contributed by atoms with van der Waals surface area (Å²) < 4.78 is 0. The number of amides is 1. The Morgan fingerprint density at radius 3 is 2.25 bits per heavy atom. The number of hydrogen-bond donors (Lipinski definition) is 2. The highest BCUT2D eigenvalue weighted by atomic mass is 16.1. The highest BCUT2D eigenvalue weighted by molar-refractivity contribution is 5.80. The Bertz CT molecular complexity index is 109. The van der Waals surface area contributed by atoms with Crippen LogP contribution in [0.1, 0.15) is 12.8 Å². The third kappa shape index (κ3) is 0.980. The first-order valence-electron chi connectivity index (χ1n) is 2.76. The van der Waals surface area contributed by atoms with Gasteiger partial charge in [-0.05, 0) is 18.8 Å². The molecule has 3 nitrogen and oxygen atoms in total. The zero-order chi connectivity index (χ0) is 6.15. The monoisotopic (exact) mass is 114 g/mol. The van der Waals surface area contributed by atoms with Gasteiger partial charge in [0.05, 0.1) is 6.04 Å². The van der Waals surface area contributed by atoms with Crippen molar-refractivity contribution >= 4 is 5.91 Å². The molecule has 0 aromatic rings. The Hall–Kier alpha value is -0.570. The Balaban J connectivity index is 2.32. The first kappa shape index (κ1) is 5.56. The molecule has 0 aromatic heterocycles. The predicted octanol–water partition coefficient (Wildman–Crippen LogP) is -0.791. The summed E-state index contributed by atoms with van der Waals surface area (Å²) in [6, 6.07) is -0.380. The van der Waals surface area contributed by atoms with E-state index in [9.17, 15) is 4.79 Å². The lowest BCUT2D eigenvalue weighted by Gasteiger charge is -2.01. The lowest BCUT2D eigenvalue weighted by Crippen LogP contribution is -2.37. The molecule has 1 aliphatic carbocycles. The van der Waals surface area contributed by atoms with E-state index in [2.05, 4.69) is 0 Å². The molecule has 0 bridgehead atoms. The predicted molar refractivity (Wildman–Crippen MR) is 29.9 cm³/mol. The molecule has 0 saturated heterocycles. The summed E-state index contributed by atoms with van der Waals surface area (Å²) in [6.07, 6.45) is 2.15. The van der Waals surface area contributed by atoms with Crippen molar-refractivity contribution in [3.05, 3.63) is 0 Å². The summed E-state index contributed by atoms with van der Waals surface area (Å²) in [4.78, 5) is 10.3. The fourth-order valence-electron chi connectivity index (χ4n) is 0.688. The molecule has 46 valence electrons. The van der Waals surface area contributed by atoms with E-state index in [0.717, 1.165) is 12.8 Å². The molecule has 4 N–H and O–H groups in total. The molecule has 0 radical (unpaired) electrons. The van der Waals surface area contributed by atoms with Gasteiger partial charge < -0.3 is 11.5 Å². The number of carbonyl (C=O) groups excluding carboxylic acids is 1. The minimum absolute atomic E-state index is 0.368. The largest absolute Gasteiger partial charge is 0.368 e. The van der Waals surface area contributed by atoms with Crippen molar-refractivity contribution in [3.8, 4) is 0 Å². The van der Waals surface area contributed by atoms with Crippen molar-refractivity contribution in [2.24, 2.45) is 17.4 Å². The molecular weight excluding hydrogens is 104 g/mol. The highest BCUT2D eigenvalue weighted by Crippen LogP contribution is 2.31. The van der Waals surface area contributed by atoms with Crippen LogP contribution in [0.2, 0.25) is 0 Å². The average molecular weight is 114 g/mol. The second-order valence-electron chi connectivity index (χ2n) is 2.27. The van der Waals surface area contributed by atoms with Crippen LogP contribution in [0.3, 0.4) is 0 Å². The first-order valence-corrected chi connectivity index (χ1v) is 2.76. The highest BCUT2D eigenvalue weighted by Gasteiger charge is 2.31. The fourth-order valence-corrected chi connectivity index (χ4v) is 0.688. The smallest absolute Gasteiger partial charge is 0.234 e. The zero-order valence-electron chi connectivity index (χ0n) is 4.63. The lowest BCUT2D eigenvalue weighted by atomic mass is 10.2. The van der Waals surface area contributed by atoms with Crippen LogP contribution >= 0.6 is 0 Å². The van der Waals surface area contributed by atoms with E-state index >= 15 is 0 Å². The molecule has 1 aliphatic rings. The van der Waals surface area contributed by atoms with Gasteiger partial charge in [-0.15, -0.1) is 0 Å². The molecular formula is C5H10N2O. The van der Waals surface area contributed by atoms with Crippen LogP contribution in [-0.2, 0) is 4.79 Å². The second-order valence-corrected chi connectivity index (χ2v) is 2.27. The van der Waals surface area contributed by atoms with E-state index in [-0.39, 0.29) is 11.9 Å². The third-order valence-electron chi connectivity index (χ3n) is 1.46. The van der Waals surface area contributed by atoms with Crippen LogP contribution < -0.4 is 11.5 Å². The third-order valence-corrected chi connectivity index (χ3v) is 1.46. The molecule has 1 atom stereocenters. The van der Waals surface area contributed by atoms with Gasteiger partial charge in [0.1, 0.15) is 0 Å². The van der Waals surface area contributed by atoms with Crippen molar-refractivity contribution in [2.45, 2.75) is 18.9 Å². The van der Waals surface area contributed by atoms with Gasteiger partial charge >= 0.3 is 0 Å². The Kier molecular flexibility index (Phi) is 1.21. The standard InChI is InChI=1S/C5H10N2O/c6-4(5(7)8)3-1-2-3/h3-4H,1-2,6H2,(H2,7,8)/t4-/m0/s1. The maximum Gasteiger partial charge on any atom is 0.234 e. The lowest BCUT2D eigenvalue weighted by molar-refractivity contribution is -0.119. The molecule has 1 fully saturated rings. The number of primary amides is 1. The van der Waals surface area contributed by atoms with E-state index in [4.69, 9.17) is 11.5 Å². The second kappa shape index (κ2) is 1.74. The van der Waals surface area contributed by atoms with Crippen molar-refractivity contribution in [1.82, 2.24) is 0 Å². The summed E-state index contributed by atoms with van der Waals surface area (Å²) in [5.74, 6) is 0.0278. The fraction of sp³-hybridized carbons (Fsp3) is 0.800. The summed E-state index contributed by atoms with van der Waals surface area (Å²) >= 11 is 0. The van der Waals surface area contributed by atoms with Crippen molar-refractivity contribution in [1.29, 1.82) is 0 Å². The molecule has 1 amide bonds. The van der Waals surface area contributed by atoms with E-state index in [1.807, 2.05) is 0 Å². The number of carbonyl (C=O) groups is 1. The molecule has 3 heteroatoms. The summed E-state index contributed by atoms with van der Waals surface area (Å²) in [5, 5.41) is 0. The molecule has 0 heterocycles. The van der Waals surface area contributed by atoms with Crippen LogP contribution in [0.5, 0.6) is 0 Å². The van der Waals surface area contributed by atoms with Gasteiger partial charge in [0, 0.05) is 0 Å². The van der Waals surface area contributed by atoms with Gasteiger partial charge in [0.15, 0.2) is 0 Å². The zero-order valence-corrected chi connectivity index (χ0v) is 4.63. The van der Waals surface area contributed by atoms with Crippen molar-refractivity contribution < 1.29 is 4.79 Å². The van der Waals surface area contributed by atoms with E-state index < -0.39 is 0 Å². The maximum absolute atomic E-state index is 10.3. The van der Waals surface area contributed by atoms with Gasteiger partial charge in [-0.1, -0.05) is 0 Å². The Morgan fingerprint density at radius 2 is 2.12 bits per heavy atom. The molecule has 0 aliphatic heterocycles.